The molecule has 0 aromatic heterocycles. The normalized spacial score (nSPS) is 13.9. The van der Waals surface area contributed by atoms with E-state index in [9.17, 15) is 0 Å². The maximum absolute atomic E-state index is 2.53. The Labute approximate surface area is 90.3 Å². The Bertz CT molecular complexity index is 121. The summed E-state index contributed by atoms with van der Waals surface area (Å²) in [6.07, 6.45) is 2.65. The minimum atomic E-state index is 0.746. The zero-order chi connectivity index (χ0) is 11.0. The molecule has 1 unspecified atom stereocenters. The Hall–Kier alpha value is -0.0800. The fourth-order valence-electron chi connectivity index (χ4n) is 1.84. The van der Waals surface area contributed by atoms with E-state index in [2.05, 4.69) is 44.5 Å². The molecule has 0 aromatic rings. The van der Waals surface area contributed by atoms with Crippen molar-refractivity contribution >= 4 is 0 Å². The maximum Gasteiger partial charge on any atom is 0.00671 e. The van der Waals surface area contributed by atoms with E-state index in [1.165, 1.54) is 39.0 Å². The summed E-state index contributed by atoms with van der Waals surface area (Å²) in [7, 11) is 2.20. The van der Waals surface area contributed by atoms with Crippen LogP contribution in [0.4, 0.5) is 0 Å². The van der Waals surface area contributed by atoms with Crippen LogP contribution in [0, 0.1) is 0 Å². The maximum atomic E-state index is 2.53. The second kappa shape index (κ2) is 8.25. The van der Waals surface area contributed by atoms with Crippen LogP contribution in [0.15, 0.2) is 0 Å². The predicted molar refractivity (Wildman–Crippen MR) is 64.8 cm³/mol. The van der Waals surface area contributed by atoms with Gasteiger partial charge in [-0.3, -0.25) is 0 Å². The van der Waals surface area contributed by atoms with Crippen LogP contribution in [-0.2, 0) is 0 Å². The van der Waals surface area contributed by atoms with Gasteiger partial charge in [-0.1, -0.05) is 20.8 Å². The van der Waals surface area contributed by atoms with E-state index < -0.39 is 0 Å². The first-order chi connectivity index (χ1) is 6.65. The van der Waals surface area contributed by atoms with Gasteiger partial charge in [-0.15, -0.1) is 0 Å². The highest BCUT2D eigenvalue weighted by Crippen LogP contribution is 2.06. The molecule has 0 amide bonds. The van der Waals surface area contributed by atoms with Gasteiger partial charge in [0.1, 0.15) is 0 Å². The highest BCUT2D eigenvalue weighted by atomic mass is 15.1. The zero-order valence-electron chi connectivity index (χ0n) is 10.7. The van der Waals surface area contributed by atoms with Crippen molar-refractivity contribution in [2.24, 2.45) is 0 Å². The van der Waals surface area contributed by atoms with E-state index in [1.807, 2.05) is 0 Å². The Balaban J connectivity index is 3.56. The van der Waals surface area contributed by atoms with Crippen LogP contribution in [-0.4, -0.2) is 49.1 Å². The standard InChI is InChI=1S/C12H28N2/c1-6-13(5)11-9-10-12(4)14(7-2)8-3/h12H,6-11H2,1-5H3. The summed E-state index contributed by atoms with van der Waals surface area (Å²) >= 11 is 0. The summed E-state index contributed by atoms with van der Waals surface area (Å²) in [6, 6.07) is 0.746. The Morgan fingerprint density at radius 1 is 1.00 bits per heavy atom. The largest absolute Gasteiger partial charge is 0.307 e. The van der Waals surface area contributed by atoms with Crippen LogP contribution in [0.25, 0.3) is 0 Å². The van der Waals surface area contributed by atoms with Crippen molar-refractivity contribution in [3.8, 4) is 0 Å². The third-order valence-electron chi connectivity index (χ3n) is 3.14. The van der Waals surface area contributed by atoms with Crippen molar-refractivity contribution < 1.29 is 0 Å². The van der Waals surface area contributed by atoms with Crippen LogP contribution in [0.3, 0.4) is 0 Å². The summed E-state index contributed by atoms with van der Waals surface area (Å²) in [4.78, 5) is 4.92. The molecule has 0 fully saturated rings. The first kappa shape index (κ1) is 13.9. The Morgan fingerprint density at radius 3 is 2.00 bits per heavy atom. The van der Waals surface area contributed by atoms with Crippen LogP contribution < -0.4 is 0 Å². The number of rotatable bonds is 8. The molecule has 0 saturated carbocycles. The third kappa shape index (κ3) is 5.61. The average molecular weight is 200 g/mol. The minimum Gasteiger partial charge on any atom is -0.307 e. The second-order valence-corrected chi connectivity index (χ2v) is 4.11. The fourth-order valence-corrected chi connectivity index (χ4v) is 1.84. The van der Waals surface area contributed by atoms with Gasteiger partial charge in [0.15, 0.2) is 0 Å². The molecule has 0 aliphatic heterocycles. The van der Waals surface area contributed by atoms with E-state index in [4.69, 9.17) is 0 Å². The smallest absolute Gasteiger partial charge is 0.00671 e. The average Bonchev–Trinajstić information content (AvgIpc) is 2.19. The predicted octanol–water partition coefficient (Wildman–Crippen LogP) is 2.45. The van der Waals surface area contributed by atoms with Crippen molar-refractivity contribution in [3.63, 3.8) is 0 Å². The van der Waals surface area contributed by atoms with Gasteiger partial charge >= 0.3 is 0 Å². The molecule has 0 aliphatic carbocycles. The van der Waals surface area contributed by atoms with Gasteiger partial charge in [0.25, 0.3) is 0 Å². The van der Waals surface area contributed by atoms with Gasteiger partial charge in [-0.2, -0.15) is 0 Å². The molecule has 14 heavy (non-hydrogen) atoms. The van der Waals surface area contributed by atoms with Gasteiger partial charge in [0, 0.05) is 6.04 Å². The third-order valence-corrected chi connectivity index (χ3v) is 3.14. The van der Waals surface area contributed by atoms with Crippen LogP contribution >= 0.6 is 0 Å². The molecule has 0 rings (SSSR count). The van der Waals surface area contributed by atoms with Crippen molar-refractivity contribution in [2.75, 3.05) is 33.2 Å². The number of hydrogen-bond donors (Lipinski definition) is 0. The van der Waals surface area contributed by atoms with E-state index in [0.717, 1.165) is 6.04 Å². The molecule has 0 heterocycles. The minimum absolute atomic E-state index is 0.746. The van der Waals surface area contributed by atoms with Gasteiger partial charge < -0.3 is 9.80 Å². The summed E-state index contributed by atoms with van der Waals surface area (Å²) in [5.41, 5.74) is 0. The van der Waals surface area contributed by atoms with E-state index >= 15 is 0 Å². The fraction of sp³-hybridized carbons (Fsp3) is 1.00. The molecule has 0 aromatic carbocycles. The molecule has 0 saturated heterocycles. The molecule has 0 N–H and O–H groups in total. The summed E-state index contributed by atoms with van der Waals surface area (Å²) in [5.74, 6) is 0. The van der Waals surface area contributed by atoms with Crippen molar-refractivity contribution in [3.05, 3.63) is 0 Å². The molecule has 86 valence electrons. The van der Waals surface area contributed by atoms with Crippen LogP contribution in [0.1, 0.15) is 40.5 Å². The highest BCUT2D eigenvalue weighted by molar-refractivity contribution is 4.65. The van der Waals surface area contributed by atoms with E-state index in [0.29, 0.717) is 0 Å². The lowest BCUT2D eigenvalue weighted by Gasteiger charge is -2.26. The van der Waals surface area contributed by atoms with Crippen molar-refractivity contribution in [2.45, 2.75) is 46.6 Å². The lowest BCUT2D eigenvalue weighted by molar-refractivity contribution is 0.210. The monoisotopic (exact) mass is 200 g/mol. The number of nitrogens with zero attached hydrogens (tertiary/aromatic N) is 2. The summed E-state index contributed by atoms with van der Waals surface area (Å²) in [6.45, 7) is 13.8. The molecule has 1 atom stereocenters. The molecule has 0 aliphatic rings. The summed E-state index contributed by atoms with van der Waals surface area (Å²) in [5, 5.41) is 0. The molecule has 2 nitrogen and oxygen atoms in total. The molecule has 0 spiro atoms. The first-order valence-corrected chi connectivity index (χ1v) is 6.08. The van der Waals surface area contributed by atoms with Gasteiger partial charge in [0.2, 0.25) is 0 Å². The van der Waals surface area contributed by atoms with Gasteiger partial charge in [-0.25, -0.2) is 0 Å². The second-order valence-electron chi connectivity index (χ2n) is 4.11. The van der Waals surface area contributed by atoms with Crippen molar-refractivity contribution in [1.29, 1.82) is 0 Å². The topological polar surface area (TPSA) is 6.48 Å². The molecule has 0 radical (unpaired) electrons. The molecule has 2 heteroatoms. The SMILES string of the molecule is CCN(C)CCCC(C)N(CC)CC. The van der Waals surface area contributed by atoms with Gasteiger partial charge in [-0.05, 0) is 53.0 Å². The molecular formula is C12H28N2. The van der Waals surface area contributed by atoms with Gasteiger partial charge in [0.05, 0.1) is 0 Å². The van der Waals surface area contributed by atoms with E-state index in [1.54, 1.807) is 0 Å². The molecular weight excluding hydrogens is 172 g/mol. The van der Waals surface area contributed by atoms with Crippen LogP contribution in [0.2, 0.25) is 0 Å². The zero-order valence-corrected chi connectivity index (χ0v) is 10.7. The first-order valence-electron chi connectivity index (χ1n) is 6.08. The number of hydrogen-bond acceptors (Lipinski definition) is 2. The Morgan fingerprint density at radius 2 is 1.57 bits per heavy atom. The highest BCUT2D eigenvalue weighted by Gasteiger charge is 2.09. The van der Waals surface area contributed by atoms with Crippen molar-refractivity contribution in [1.82, 2.24) is 9.80 Å². The van der Waals surface area contributed by atoms with Crippen LogP contribution in [0.5, 0.6) is 0 Å². The quantitative estimate of drug-likeness (QED) is 0.594. The van der Waals surface area contributed by atoms with E-state index in [-0.39, 0.29) is 0 Å². The summed E-state index contributed by atoms with van der Waals surface area (Å²) < 4.78 is 0. The lowest BCUT2D eigenvalue weighted by Crippen LogP contribution is -2.33. The molecule has 0 bridgehead atoms. The lowest BCUT2D eigenvalue weighted by atomic mass is 10.1. The Kier molecular flexibility index (Phi) is 8.20.